The maximum atomic E-state index is 12.2. The number of thiophene rings is 1. The van der Waals surface area contributed by atoms with Crippen LogP contribution in [0, 0.1) is 18.3 Å². The van der Waals surface area contributed by atoms with Gasteiger partial charge in [-0.25, -0.2) is 4.98 Å². The normalized spacial score (nSPS) is 11.5. The Morgan fingerprint density at radius 1 is 1.25 bits per heavy atom. The molecule has 1 amide bonds. The van der Waals surface area contributed by atoms with E-state index < -0.39 is 18.0 Å². The molecule has 8 heteroatoms. The van der Waals surface area contributed by atoms with E-state index in [0.29, 0.717) is 16.3 Å². The average Bonchev–Trinajstić information content (AvgIpc) is 3.31. The van der Waals surface area contributed by atoms with Gasteiger partial charge in [-0.3, -0.25) is 9.59 Å². The van der Waals surface area contributed by atoms with Crippen molar-refractivity contribution >= 4 is 39.6 Å². The number of hydrogen-bond acceptors (Lipinski definition) is 7. The van der Waals surface area contributed by atoms with E-state index >= 15 is 0 Å². The second kappa shape index (κ2) is 8.78. The predicted octanol–water partition coefficient (Wildman–Crippen LogP) is 4.16. The lowest BCUT2D eigenvalue weighted by Crippen LogP contribution is -2.30. The number of ether oxygens (including phenoxy) is 1. The molecule has 1 atom stereocenters. The average molecular weight is 412 g/mol. The van der Waals surface area contributed by atoms with Crippen molar-refractivity contribution in [2.24, 2.45) is 0 Å². The van der Waals surface area contributed by atoms with Crippen LogP contribution >= 0.6 is 22.7 Å². The lowest BCUT2D eigenvalue weighted by Gasteiger charge is -2.12. The van der Waals surface area contributed by atoms with Crippen molar-refractivity contribution in [3.63, 3.8) is 0 Å². The van der Waals surface area contributed by atoms with Crippen LogP contribution in [0.5, 0.6) is 0 Å². The van der Waals surface area contributed by atoms with Gasteiger partial charge in [-0.1, -0.05) is 29.8 Å². The van der Waals surface area contributed by atoms with Gasteiger partial charge in [0.2, 0.25) is 0 Å². The van der Waals surface area contributed by atoms with Crippen LogP contribution in [-0.4, -0.2) is 23.0 Å². The van der Waals surface area contributed by atoms with Crippen LogP contribution < -0.4 is 5.32 Å². The molecule has 142 valence electrons. The summed E-state index contributed by atoms with van der Waals surface area (Å²) in [5.74, 6) is -1.01. The molecule has 0 aliphatic heterocycles. The van der Waals surface area contributed by atoms with E-state index in [9.17, 15) is 9.59 Å². The third-order valence-corrected chi connectivity index (χ3v) is 5.65. The Kier molecular flexibility index (Phi) is 6.19. The summed E-state index contributed by atoms with van der Waals surface area (Å²) in [6.45, 7) is 3.51. The van der Waals surface area contributed by atoms with E-state index in [-0.39, 0.29) is 6.42 Å². The van der Waals surface area contributed by atoms with E-state index in [1.54, 1.807) is 11.4 Å². The number of nitrogens with zero attached hydrogens (tertiary/aromatic N) is 2. The van der Waals surface area contributed by atoms with Crippen molar-refractivity contribution in [3.8, 4) is 16.6 Å². The Hall–Kier alpha value is -3.02. The Labute approximate surface area is 170 Å². The molecule has 28 heavy (non-hydrogen) atoms. The summed E-state index contributed by atoms with van der Waals surface area (Å²) in [4.78, 5) is 28.8. The van der Waals surface area contributed by atoms with E-state index in [1.165, 1.54) is 35.2 Å². The third kappa shape index (κ3) is 4.82. The van der Waals surface area contributed by atoms with Gasteiger partial charge in [-0.05, 0) is 25.3 Å². The zero-order valence-corrected chi connectivity index (χ0v) is 16.9. The first-order valence-electron chi connectivity index (χ1n) is 8.45. The van der Waals surface area contributed by atoms with Crippen LogP contribution in [0.15, 0.2) is 41.1 Å². The number of nitrogens with one attached hydrogen (secondary N) is 1. The number of carbonyl (C=O) groups is 2. The second-order valence-electron chi connectivity index (χ2n) is 6.08. The number of carbonyl (C=O) groups excluding carboxylic acids is 2. The minimum Gasteiger partial charge on any atom is -0.452 e. The van der Waals surface area contributed by atoms with Crippen molar-refractivity contribution in [2.45, 2.75) is 26.4 Å². The molecule has 1 N–H and O–H groups in total. The highest BCUT2D eigenvalue weighted by Gasteiger charge is 2.20. The predicted molar refractivity (Wildman–Crippen MR) is 109 cm³/mol. The lowest BCUT2D eigenvalue weighted by atomic mass is 10.2. The van der Waals surface area contributed by atoms with Crippen molar-refractivity contribution in [2.75, 3.05) is 5.32 Å². The van der Waals surface area contributed by atoms with Gasteiger partial charge in [0.15, 0.2) is 6.10 Å². The molecular weight excluding hydrogens is 394 g/mol. The zero-order chi connectivity index (χ0) is 20.1. The number of nitriles is 1. The van der Waals surface area contributed by atoms with Crippen LogP contribution in [-0.2, 0) is 20.7 Å². The highest BCUT2D eigenvalue weighted by Crippen LogP contribution is 2.25. The number of amides is 1. The van der Waals surface area contributed by atoms with Crippen LogP contribution in [0.2, 0.25) is 0 Å². The Morgan fingerprint density at radius 3 is 2.71 bits per heavy atom. The highest BCUT2D eigenvalue weighted by atomic mass is 32.1. The largest absolute Gasteiger partial charge is 0.452 e. The van der Waals surface area contributed by atoms with E-state index in [0.717, 1.165) is 10.6 Å². The fraction of sp³-hybridized carbons (Fsp3) is 0.200. The number of thiazole rings is 1. The van der Waals surface area contributed by atoms with Crippen molar-refractivity contribution < 1.29 is 14.3 Å². The smallest absolute Gasteiger partial charge is 0.312 e. The van der Waals surface area contributed by atoms with Crippen LogP contribution in [0.4, 0.5) is 5.00 Å². The van der Waals surface area contributed by atoms with E-state index in [4.69, 9.17) is 10.00 Å². The van der Waals surface area contributed by atoms with Gasteiger partial charge in [0, 0.05) is 10.9 Å². The molecule has 0 spiro atoms. The van der Waals surface area contributed by atoms with E-state index in [1.807, 2.05) is 42.6 Å². The summed E-state index contributed by atoms with van der Waals surface area (Å²) in [5, 5.41) is 16.4. The molecule has 0 saturated heterocycles. The third-order valence-electron chi connectivity index (χ3n) is 3.88. The Bertz CT molecular complexity index is 1030. The number of aromatic nitrogens is 1. The second-order valence-corrected chi connectivity index (χ2v) is 7.86. The molecule has 1 aromatic carbocycles. The molecule has 6 nitrogen and oxygen atoms in total. The first-order chi connectivity index (χ1) is 13.5. The van der Waals surface area contributed by atoms with Gasteiger partial charge < -0.3 is 10.1 Å². The van der Waals surface area contributed by atoms with Gasteiger partial charge >= 0.3 is 5.97 Å². The lowest BCUT2D eigenvalue weighted by molar-refractivity contribution is -0.152. The van der Waals surface area contributed by atoms with Crippen molar-refractivity contribution in [1.29, 1.82) is 5.26 Å². The van der Waals surface area contributed by atoms with Crippen LogP contribution in [0.3, 0.4) is 0 Å². The number of benzene rings is 1. The van der Waals surface area contributed by atoms with E-state index in [2.05, 4.69) is 10.3 Å². The highest BCUT2D eigenvalue weighted by molar-refractivity contribution is 7.14. The summed E-state index contributed by atoms with van der Waals surface area (Å²) < 4.78 is 5.20. The van der Waals surface area contributed by atoms with Gasteiger partial charge in [-0.15, -0.1) is 22.7 Å². The minimum absolute atomic E-state index is 0.0115. The SMILES string of the molecule is Cc1ccc(-c2nc(CC(=O)O[C@@H](C)C(=O)Nc3sccc3C#N)cs2)cc1. The molecule has 2 heterocycles. The summed E-state index contributed by atoms with van der Waals surface area (Å²) in [6, 6.07) is 11.6. The maximum absolute atomic E-state index is 12.2. The summed E-state index contributed by atoms with van der Waals surface area (Å²) in [6.07, 6.45) is -0.987. The number of esters is 1. The molecule has 0 bridgehead atoms. The number of hydrogen-bond donors (Lipinski definition) is 1. The molecule has 2 aromatic heterocycles. The quantitative estimate of drug-likeness (QED) is 0.615. The van der Waals surface area contributed by atoms with Gasteiger partial charge in [0.05, 0.1) is 17.7 Å². The molecule has 0 aliphatic carbocycles. The molecule has 3 aromatic rings. The summed E-state index contributed by atoms with van der Waals surface area (Å²) >= 11 is 2.69. The van der Waals surface area contributed by atoms with Crippen molar-refractivity contribution in [3.05, 3.63) is 57.9 Å². The van der Waals surface area contributed by atoms with Crippen LogP contribution in [0.25, 0.3) is 10.6 Å². The number of anilines is 1. The molecule has 0 radical (unpaired) electrons. The summed E-state index contributed by atoms with van der Waals surface area (Å²) in [5.41, 5.74) is 3.14. The van der Waals surface area contributed by atoms with Crippen molar-refractivity contribution in [1.82, 2.24) is 4.98 Å². The Morgan fingerprint density at radius 2 is 2.00 bits per heavy atom. The molecule has 0 aliphatic rings. The monoisotopic (exact) mass is 411 g/mol. The number of rotatable bonds is 6. The first kappa shape index (κ1) is 19.7. The molecule has 0 fully saturated rings. The van der Waals surface area contributed by atoms with Gasteiger partial charge in [-0.2, -0.15) is 5.26 Å². The fourth-order valence-corrected chi connectivity index (χ4v) is 3.93. The number of aryl methyl sites for hydroxylation is 1. The topological polar surface area (TPSA) is 92.1 Å². The fourth-order valence-electron chi connectivity index (χ4n) is 2.36. The maximum Gasteiger partial charge on any atom is 0.312 e. The Balaban J connectivity index is 1.56. The van der Waals surface area contributed by atoms with Gasteiger partial charge in [0.25, 0.3) is 5.91 Å². The first-order valence-corrected chi connectivity index (χ1v) is 10.2. The molecule has 0 unspecified atom stereocenters. The summed E-state index contributed by atoms with van der Waals surface area (Å²) in [7, 11) is 0. The molecule has 3 rings (SSSR count). The van der Waals surface area contributed by atoms with Crippen LogP contribution in [0.1, 0.15) is 23.7 Å². The zero-order valence-electron chi connectivity index (χ0n) is 15.3. The van der Waals surface area contributed by atoms with Gasteiger partial charge in [0.1, 0.15) is 16.1 Å². The standard InChI is InChI=1S/C20H17N3O3S2/c1-12-3-5-14(6-4-12)19-22-16(11-28-19)9-17(24)26-13(2)18(25)23-20-15(10-21)7-8-27-20/h3-8,11,13H,9H2,1-2H3,(H,23,25)/t13-/m0/s1. The minimum atomic E-state index is -0.976. The molecule has 0 saturated carbocycles. The molecular formula is C20H17N3O3S2.